The summed E-state index contributed by atoms with van der Waals surface area (Å²) in [5.74, 6) is 1.23. The van der Waals surface area contributed by atoms with Crippen molar-refractivity contribution in [2.24, 2.45) is 5.92 Å². The van der Waals surface area contributed by atoms with Gasteiger partial charge in [0.1, 0.15) is 12.4 Å². The maximum Gasteiger partial charge on any atom is 0.255 e. The topological polar surface area (TPSA) is 41.6 Å². The van der Waals surface area contributed by atoms with E-state index < -0.39 is 0 Å². The highest BCUT2D eigenvalue weighted by Crippen LogP contribution is 2.30. The van der Waals surface area contributed by atoms with Crippen LogP contribution in [0.15, 0.2) is 24.3 Å². The molecule has 4 heteroatoms. The Bertz CT molecular complexity index is 446. The number of carbonyl (C=O) groups excluding carboxylic acids is 1. The zero-order chi connectivity index (χ0) is 13.8. The second-order valence-electron chi connectivity index (χ2n) is 5.44. The van der Waals surface area contributed by atoms with E-state index in [9.17, 15) is 4.79 Å². The second kappa shape index (κ2) is 6.06. The van der Waals surface area contributed by atoms with Crippen LogP contribution in [-0.2, 0) is 0 Å². The minimum Gasteiger partial charge on any atom is -0.491 e. The van der Waals surface area contributed by atoms with E-state index in [4.69, 9.17) is 4.74 Å². The standard InChI is InChI=1S/C15H22N2O2/c1-11-10-13(11)16-15(18)12-6-4-5-7-14(12)19-9-8-17(2)3/h4-7,11,13H,8-10H2,1-3H3,(H,16,18). The highest BCUT2D eigenvalue weighted by atomic mass is 16.5. The molecule has 2 unspecified atom stereocenters. The maximum atomic E-state index is 12.2. The van der Waals surface area contributed by atoms with Crippen molar-refractivity contribution >= 4 is 5.91 Å². The fourth-order valence-electron chi connectivity index (χ4n) is 1.89. The lowest BCUT2D eigenvalue weighted by Gasteiger charge is -2.14. The Morgan fingerprint density at radius 1 is 1.42 bits per heavy atom. The van der Waals surface area contributed by atoms with E-state index in [0.717, 1.165) is 13.0 Å². The van der Waals surface area contributed by atoms with E-state index in [2.05, 4.69) is 17.1 Å². The Balaban J connectivity index is 1.96. The average Bonchev–Trinajstić information content (AvgIpc) is 3.05. The van der Waals surface area contributed by atoms with Crippen LogP contribution in [0.25, 0.3) is 0 Å². The Morgan fingerprint density at radius 3 is 2.74 bits per heavy atom. The third kappa shape index (κ3) is 3.96. The molecule has 0 spiro atoms. The first kappa shape index (κ1) is 13.9. The molecule has 1 aromatic rings. The maximum absolute atomic E-state index is 12.2. The Labute approximate surface area is 114 Å². The van der Waals surface area contributed by atoms with Gasteiger partial charge >= 0.3 is 0 Å². The highest BCUT2D eigenvalue weighted by Gasteiger charge is 2.34. The van der Waals surface area contributed by atoms with Gasteiger partial charge in [0.2, 0.25) is 0 Å². The molecule has 0 radical (unpaired) electrons. The Morgan fingerprint density at radius 2 is 2.11 bits per heavy atom. The van der Waals surface area contributed by atoms with Gasteiger partial charge in [-0.25, -0.2) is 0 Å². The Kier molecular flexibility index (Phi) is 4.43. The van der Waals surface area contributed by atoms with Crippen molar-refractivity contribution < 1.29 is 9.53 Å². The first-order valence-corrected chi connectivity index (χ1v) is 6.75. The number of amides is 1. The molecule has 4 nitrogen and oxygen atoms in total. The third-order valence-corrected chi connectivity index (χ3v) is 3.35. The highest BCUT2D eigenvalue weighted by molar-refractivity contribution is 5.97. The summed E-state index contributed by atoms with van der Waals surface area (Å²) in [6.45, 7) is 3.55. The average molecular weight is 262 g/mol. The molecule has 1 N–H and O–H groups in total. The van der Waals surface area contributed by atoms with E-state index in [1.54, 1.807) is 0 Å². The monoisotopic (exact) mass is 262 g/mol. The van der Waals surface area contributed by atoms with Crippen LogP contribution in [0.1, 0.15) is 23.7 Å². The van der Waals surface area contributed by atoms with Crippen molar-refractivity contribution in [3.8, 4) is 5.75 Å². The van der Waals surface area contributed by atoms with Crippen LogP contribution in [0.2, 0.25) is 0 Å². The second-order valence-corrected chi connectivity index (χ2v) is 5.44. The van der Waals surface area contributed by atoms with Gasteiger partial charge < -0.3 is 15.0 Å². The summed E-state index contributed by atoms with van der Waals surface area (Å²) in [4.78, 5) is 14.2. The van der Waals surface area contributed by atoms with Gasteiger partial charge in [-0.3, -0.25) is 4.79 Å². The fourth-order valence-corrected chi connectivity index (χ4v) is 1.89. The molecule has 19 heavy (non-hydrogen) atoms. The molecule has 0 bridgehead atoms. The SMILES string of the molecule is CC1CC1NC(=O)c1ccccc1OCCN(C)C. The number of benzene rings is 1. The van der Waals surface area contributed by atoms with Gasteiger partial charge in [0.05, 0.1) is 5.56 Å². The molecule has 2 rings (SSSR count). The molecule has 0 saturated heterocycles. The van der Waals surface area contributed by atoms with E-state index in [-0.39, 0.29) is 5.91 Å². The smallest absolute Gasteiger partial charge is 0.255 e. The number of nitrogens with one attached hydrogen (secondary N) is 1. The minimum absolute atomic E-state index is 0.0326. The van der Waals surface area contributed by atoms with Crippen LogP contribution < -0.4 is 10.1 Å². The summed E-state index contributed by atoms with van der Waals surface area (Å²) < 4.78 is 5.70. The number of ether oxygens (including phenoxy) is 1. The van der Waals surface area contributed by atoms with Crippen LogP contribution >= 0.6 is 0 Å². The zero-order valence-electron chi connectivity index (χ0n) is 11.8. The van der Waals surface area contributed by atoms with Crippen molar-refractivity contribution in [2.45, 2.75) is 19.4 Å². The molecule has 1 fully saturated rings. The molecule has 0 aliphatic heterocycles. The normalized spacial score (nSPS) is 21.3. The lowest BCUT2D eigenvalue weighted by molar-refractivity contribution is 0.0945. The van der Waals surface area contributed by atoms with E-state index in [0.29, 0.717) is 29.9 Å². The molecule has 1 aliphatic carbocycles. The predicted octanol–water partition coefficient (Wildman–Crippen LogP) is 1.77. The fraction of sp³-hybridized carbons (Fsp3) is 0.533. The third-order valence-electron chi connectivity index (χ3n) is 3.35. The minimum atomic E-state index is -0.0326. The number of hydrogen-bond acceptors (Lipinski definition) is 3. The van der Waals surface area contributed by atoms with Crippen molar-refractivity contribution in [3.05, 3.63) is 29.8 Å². The largest absolute Gasteiger partial charge is 0.491 e. The number of rotatable bonds is 6. The summed E-state index contributed by atoms with van der Waals surface area (Å²) in [5, 5.41) is 3.03. The molecule has 2 atom stereocenters. The number of para-hydroxylation sites is 1. The molecule has 1 aliphatic rings. The van der Waals surface area contributed by atoms with E-state index >= 15 is 0 Å². The molecule has 0 aromatic heterocycles. The van der Waals surface area contributed by atoms with Gasteiger partial charge in [-0.15, -0.1) is 0 Å². The molecule has 1 saturated carbocycles. The van der Waals surface area contributed by atoms with Crippen molar-refractivity contribution in [1.29, 1.82) is 0 Å². The van der Waals surface area contributed by atoms with Crippen LogP contribution in [0.3, 0.4) is 0 Å². The van der Waals surface area contributed by atoms with Crippen LogP contribution in [0, 0.1) is 5.92 Å². The summed E-state index contributed by atoms with van der Waals surface area (Å²) in [5.41, 5.74) is 0.625. The van der Waals surface area contributed by atoms with Crippen molar-refractivity contribution in [3.63, 3.8) is 0 Å². The van der Waals surface area contributed by atoms with Gasteiger partial charge in [-0.1, -0.05) is 19.1 Å². The number of nitrogens with zero attached hydrogens (tertiary/aromatic N) is 1. The number of hydrogen-bond donors (Lipinski definition) is 1. The van der Waals surface area contributed by atoms with Crippen LogP contribution in [-0.4, -0.2) is 44.1 Å². The summed E-state index contributed by atoms with van der Waals surface area (Å²) in [6.07, 6.45) is 1.08. The number of likely N-dealkylation sites (N-methyl/N-ethyl adjacent to an activating group) is 1. The van der Waals surface area contributed by atoms with Crippen molar-refractivity contribution in [2.75, 3.05) is 27.2 Å². The quantitative estimate of drug-likeness (QED) is 0.849. The van der Waals surface area contributed by atoms with Gasteiger partial charge in [-0.2, -0.15) is 0 Å². The summed E-state index contributed by atoms with van der Waals surface area (Å²) >= 11 is 0. The molecule has 104 valence electrons. The predicted molar refractivity (Wildman–Crippen MR) is 75.5 cm³/mol. The van der Waals surface area contributed by atoms with Gasteiger partial charge in [0.15, 0.2) is 0 Å². The van der Waals surface area contributed by atoms with Crippen molar-refractivity contribution in [1.82, 2.24) is 10.2 Å². The zero-order valence-corrected chi connectivity index (χ0v) is 11.8. The summed E-state index contributed by atoms with van der Waals surface area (Å²) in [7, 11) is 3.99. The van der Waals surface area contributed by atoms with Crippen LogP contribution in [0.5, 0.6) is 5.75 Å². The lowest BCUT2D eigenvalue weighted by atomic mass is 10.2. The molecule has 1 aromatic carbocycles. The molecular weight excluding hydrogens is 240 g/mol. The van der Waals surface area contributed by atoms with E-state index in [1.165, 1.54) is 0 Å². The number of carbonyl (C=O) groups is 1. The van der Waals surface area contributed by atoms with Crippen LogP contribution in [0.4, 0.5) is 0 Å². The van der Waals surface area contributed by atoms with Gasteiger partial charge in [0, 0.05) is 12.6 Å². The first-order chi connectivity index (χ1) is 9.08. The molecule has 0 heterocycles. The first-order valence-electron chi connectivity index (χ1n) is 6.75. The molecule has 1 amide bonds. The van der Waals surface area contributed by atoms with Gasteiger partial charge in [0.25, 0.3) is 5.91 Å². The lowest BCUT2D eigenvalue weighted by Crippen LogP contribution is -2.27. The van der Waals surface area contributed by atoms with E-state index in [1.807, 2.05) is 38.4 Å². The molecular formula is C15H22N2O2. The summed E-state index contributed by atoms with van der Waals surface area (Å²) in [6, 6.07) is 7.75. The Hall–Kier alpha value is -1.55. The van der Waals surface area contributed by atoms with Gasteiger partial charge in [-0.05, 0) is 38.6 Å².